The number of nitrogens with one attached hydrogen (secondary N) is 1. The van der Waals surface area contributed by atoms with E-state index in [9.17, 15) is 0 Å². The van der Waals surface area contributed by atoms with Gasteiger partial charge in [0.15, 0.2) is 0 Å². The fraction of sp³-hybridized carbons (Fsp3) is 0.538. The number of rotatable bonds is 2. The quantitative estimate of drug-likeness (QED) is 0.839. The first-order valence-corrected chi connectivity index (χ1v) is 7.05. The van der Waals surface area contributed by atoms with E-state index in [0.717, 1.165) is 19.6 Å². The molecule has 0 spiro atoms. The van der Waals surface area contributed by atoms with Gasteiger partial charge in [-0.25, -0.2) is 0 Å². The van der Waals surface area contributed by atoms with Crippen molar-refractivity contribution in [2.24, 2.45) is 0 Å². The molecule has 2 rings (SSSR count). The predicted octanol–water partition coefficient (Wildman–Crippen LogP) is 2.65. The van der Waals surface area contributed by atoms with E-state index in [1.165, 1.54) is 22.1 Å². The van der Waals surface area contributed by atoms with Crippen LogP contribution in [0.1, 0.15) is 24.9 Å². The second kappa shape index (κ2) is 5.98. The van der Waals surface area contributed by atoms with Crippen LogP contribution in [0.15, 0.2) is 24.3 Å². The number of hydrogen-bond acceptors (Lipinski definition) is 2. The molecule has 88 valence electrons. The largest absolute Gasteiger partial charge is 0.315 e. The lowest BCUT2D eigenvalue weighted by atomic mass is 10.1. The molecular weight excluding hydrogens is 311 g/mol. The maximum Gasteiger partial charge on any atom is 0.0320 e. The Bertz CT molecular complexity index is 315. The van der Waals surface area contributed by atoms with Crippen molar-refractivity contribution in [2.75, 3.05) is 26.2 Å². The van der Waals surface area contributed by atoms with E-state index in [2.05, 4.69) is 64.0 Å². The highest BCUT2D eigenvalue weighted by Gasteiger charge is 2.16. The number of halogens is 1. The average molecular weight is 330 g/mol. The zero-order valence-electron chi connectivity index (χ0n) is 9.75. The minimum Gasteiger partial charge on any atom is -0.315 e. The lowest BCUT2D eigenvalue weighted by Crippen LogP contribution is -2.30. The van der Waals surface area contributed by atoms with Crippen molar-refractivity contribution in [2.45, 2.75) is 19.4 Å². The first kappa shape index (κ1) is 12.3. The van der Waals surface area contributed by atoms with E-state index >= 15 is 0 Å². The predicted molar refractivity (Wildman–Crippen MR) is 76.6 cm³/mol. The van der Waals surface area contributed by atoms with Gasteiger partial charge in [-0.1, -0.05) is 12.1 Å². The smallest absolute Gasteiger partial charge is 0.0320 e. The Kier molecular flexibility index (Phi) is 4.61. The second-order valence-corrected chi connectivity index (χ2v) is 5.61. The van der Waals surface area contributed by atoms with Crippen molar-refractivity contribution in [1.29, 1.82) is 0 Å². The van der Waals surface area contributed by atoms with Crippen LogP contribution in [0.3, 0.4) is 0 Å². The first-order valence-electron chi connectivity index (χ1n) is 5.97. The van der Waals surface area contributed by atoms with Crippen LogP contribution in [0.4, 0.5) is 0 Å². The van der Waals surface area contributed by atoms with E-state index in [1.54, 1.807) is 0 Å². The van der Waals surface area contributed by atoms with Crippen LogP contribution in [-0.2, 0) is 0 Å². The highest BCUT2D eigenvalue weighted by atomic mass is 127. The summed E-state index contributed by atoms with van der Waals surface area (Å²) in [6, 6.07) is 9.44. The molecule has 16 heavy (non-hydrogen) atoms. The summed E-state index contributed by atoms with van der Waals surface area (Å²) in [5.41, 5.74) is 1.43. The van der Waals surface area contributed by atoms with Crippen molar-refractivity contribution in [3.8, 4) is 0 Å². The molecule has 0 aliphatic carbocycles. The molecule has 1 aromatic carbocycles. The Hall–Kier alpha value is -0.130. The second-order valence-electron chi connectivity index (χ2n) is 4.37. The minimum atomic E-state index is 0.539. The lowest BCUT2D eigenvalue weighted by Gasteiger charge is -2.27. The average Bonchev–Trinajstić information content (AvgIpc) is 2.57. The molecule has 1 heterocycles. The molecule has 1 unspecified atom stereocenters. The lowest BCUT2D eigenvalue weighted by molar-refractivity contribution is 0.225. The van der Waals surface area contributed by atoms with Crippen LogP contribution in [-0.4, -0.2) is 31.1 Å². The van der Waals surface area contributed by atoms with Gasteiger partial charge in [0.05, 0.1) is 0 Å². The summed E-state index contributed by atoms with van der Waals surface area (Å²) in [6.07, 6.45) is 1.26. The Morgan fingerprint density at radius 3 is 2.69 bits per heavy atom. The van der Waals surface area contributed by atoms with Gasteiger partial charge in [0.1, 0.15) is 0 Å². The highest BCUT2D eigenvalue weighted by molar-refractivity contribution is 14.1. The number of benzene rings is 1. The van der Waals surface area contributed by atoms with Crippen LogP contribution in [0.5, 0.6) is 0 Å². The van der Waals surface area contributed by atoms with Crippen molar-refractivity contribution >= 4 is 22.6 Å². The molecule has 1 N–H and O–H groups in total. The Morgan fingerprint density at radius 2 is 1.94 bits per heavy atom. The maximum absolute atomic E-state index is 3.45. The summed E-state index contributed by atoms with van der Waals surface area (Å²) >= 11 is 2.36. The molecule has 0 aromatic heterocycles. The number of hydrogen-bond donors (Lipinski definition) is 1. The molecule has 0 radical (unpaired) electrons. The summed E-state index contributed by atoms with van der Waals surface area (Å²) in [4.78, 5) is 2.57. The third kappa shape index (κ3) is 3.18. The summed E-state index contributed by atoms with van der Waals surface area (Å²) in [6.45, 7) is 6.96. The summed E-state index contributed by atoms with van der Waals surface area (Å²) in [5.74, 6) is 0. The Labute approximate surface area is 112 Å². The van der Waals surface area contributed by atoms with E-state index in [4.69, 9.17) is 0 Å². The summed E-state index contributed by atoms with van der Waals surface area (Å²) < 4.78 is 1.31. The Morgan fingerprint density at radius 1 is 1.19 bits per heavy atom. The molecule has 0 bridgehead atoms. The van der Waals surface area contributed by atoms with Gasteiger partial charge in [0.2, 0.25) is 0 Å². The molecule has 0 saturated carbocycles. The zero-order chi connectivity index (χ0) is 11.4. The van der Waals surface area contributed by atoms with Gasteiger partial charge in [-0.05, 0) is 66.7 Å². The van der Waals surface area contributed by atoms with Crippen LogP contribution >= 0.6 is 22.6 Å². The first-order chi connectivity index (χ1) is 7.77. The topological polar surface area (TPSA) is 15.3 Å². The SMILES string of the molecule is CC(c1ccc(I)cc1)N1CCCNCC1. The molecule has 1 aliphatic heterocycles. The summed E-state index contributed by atoms with van der Waals surface area (Å²) in [7, 11) is 0. The fourth-order valence-corrected chi connectivity index (χ4v) is 2.57. The summed E-state index contributed by atoms with van der Waals surface area (Å²) in [5, 5.41) is 3.45. The van der Waals surface area contributed by atoms with Gasteiger partial charge < -0.3 is 5.32 Å². The fourth-order valence-electron chi connectivity index (χ4n) is 2.21. The van der Waals surface area contributed by atoms with E-state index in [-0.39, 0.29) is 0 Å². The third-order valence-corrected chi connectivity index (χ3v) is 3.99. The molecule has 0 amide bonds. The van der Waals surface area contributed by atoms with Crippen LogP contribution in [0.2, 0.25) is 0 Å². The van der Waals surface area contributed by atoms with Crippen LogP contribution in [0.25, 0.3) is 0 Å². The number of nitrogens with zero attached hydrogens (tertiary/aromatic N) is 1. The van der Waals surface area contributed by atoms with E-state index in [0.29, 0.717) is 6.04 Å². The highest BCUT2D eigenvalue weighted by Crippen LogP contribution is 2.21. The van der Waals surface area contributed by atoms with E-state index < -0.39 is 0 Å². The van der Waals surface area contributed by atoms with Crippen molar-refractivity contribution in [3.05, 3.63) is 33.4 Å². The molecule has 2 nitrogen and oxygen atoms in total. The van der Waals surface area contributed by atoms with Gasteiger partial charge >= 0.3 is 0 Å². The third-order valence-electron chi connectivity index (χ3n) is 3.27. The van der Waals surface area contributed by atoms with Crippen molar-refractivity contribution in [1.82, 2.24) is 10.2 Å². The maximum atomic E-state index is 3.45. The standard InChI is InChI=1S/C13H19IN2/c1-11(12-3-5-13(14)6-4-12)16-9-2-7-15-8-10-16/h3-6,11,15H,2,7-10H2,1H3. The van der Waals surface area contributed by atoms with Crippen LogP contribution < -0.4 is 5.32 Å². The normalized spacial score (nSPS) is 20.4. The van der Waals surface area contributed by atoms with Crippen molar-refractivity contribution in [3.63, 3.8) is 0 Å². The molecule has 3 heteroatoms. The van der Waals surface area contributed by atoms with Gasteiger partial charge in [0.25, 0.3) is 0 Å². The molecular formula is C13H19IN2. The minimum absolute atomic E-state index is 0.539. The monoisotopic (exact) mass is 330 g/mol. The van der Waals surface area contributed by atoms with Crippen LogP contribution in [0, 0.1) is 3.57 Å². The van der Waals surface area contributed by atoms with Crippen molar-refractivity contribution < 1.29 is 0 Å². The van der Waals surface area contributed by atoms with E-state index in [1.807, 2.05) is 0 Å². The molecule has 1 fully saturated rings. The van der Waals surface area contributed by atoms with Gasteiger partial charge in [-0.3, -0.25) is 4.90 Å². The van der Waals surface area contributed by atoms with Gasteiger partial charge in [-0.15, -0.1) is 0 Å². The molecule has 1 aromatic rings. The van der Waals surface area contributed by atoms with Gasteiger partial charge in [0, 0.05) is 22.7 Å². The molecule has 1 saturated heterocycles. The molecule has 1 aliphatic rings. The zero-order valence-corrected chi connectivity index (χ0v) is 11.9. The molecule has 1 atom stereocenters. The van der Waals surface area contributed by atoms with Gasteiger partial charge in [-0.2, -0.15) is 0 Å². The Balaban J connectivity index is 2.04.